The number of carbonyl (C=O) groups excluding carboxylic acids is 1. The van der Waals surface area contributed by atoms with E-state index in [1.165, 1.54) is 0 Å². The number of amides is 1. The van der Waals surface area contributed by atoms with Gasteiger partial charge >= 0.3 is 0 Å². The Morgan fingerprint density at radius 2 is 2.53 bits per heavy atom. The van der Waals surface area contributed by atoms with Gasteiger partial charge in [0.2, 0.25) is 5.91 Å². The van der Waals surface area contributed by atoms with E-state index in [2.05, 4.69) is 16.4 Å². The number of pyridine rings is 1. The van der Waals surface area contributed by atoms with E-state index in [1.54, 1.807) is 18.3 Å². The molecule has 100 valence electrons. The van der Waals surface area contributed by atoms with Gasteiger partial charge in [0, 0.05) is 25.3 Å². The zero-order valence-corrected chi connectivity index (χ0v) is 11.2. The van der Waals surface area contributed by atoms with Crippen LogP contribution in [-0.2, 0) is 4.79 Å². The van der Waals surface area contributed by atoms with Crippen molar-refractivity contribution in [2.45, 2.75) is 18.9 Å². The van der Waals surface area contributed by atoms with Crippen LogP contribution in [0, 0.1) is 11.3 Å². The molecular weight excluding hydrogens is 264 g/mol. The Balaban J connectivity index is 2.09. The van der Waals surface area contributed by atoms with Crippen LogP contribution in [0.1, 0.15) is 18.4 Å². The minimum atomic E-state index is -0.157. The number of rotatable bonds is 3. The predicted molar refractivity (Wildman–Crippen MR) is 73.0 cm³/mol. The highest BCUT2D eigenvalue weighted by molar-refractivity contribution is 6.27. The van der Waals surface area contributed by atoms with Crippen molar-refractivity contribution in [1.29, 1.82) is 5.26 Å². The number of nitrogens with one attached hydrogen (secondary N) is 1. The molecule has 0 saturated carbocycles. The molecule has 1 N–H and O–H groups in total. The van der Waals surface area contributed by atoms with Gasteiger partial charge in [-0.25, -0.2) is 4.98 Å². The molecule has 0 bridgehead atoms. The molecule has 5 nitrogen and oxygen atoms in total. The number of hydrogen-bond acceptors (Lipinski definition) is 4. The summed E-state index contributed by atoms with van der Waals surface area (Å²) in [7, 11) is 0. The summed E-state index contributed by atoms with van der Waals surface area (Å²) < 4.78 is 0. The summed E-state index contributed by atoms with van der Waals surface area (Å²) in [6, 6.07) is 5.71. The number of carbonyl (C=O) groups is 1. The van der Waals surface area contributed by atoms with Crippen molar-refractivity contribution in [1.82, 2.24) is 10.3 Å². The Hall–Kier alpha value is -1.80. The second-order valence-corrected chi connectivity index (χ2v) is 4.74. The Morgan fingerprint density at radius 1 is 1.68 bits per heavy atom. The number of alkyl halides is 1. The largest absolute Gasteiger partial charge is 0.353 e. The first-order valence-electron chi connectivity index (χ1n) is 6.20. The number of piperidine rings is 1. The number of nitrogens with zero attached hydrogens (tertiary/aromatic N) is 3. The van der Waals surface area contributed by atoms with Crippen LogP contribution in [0.25, 0.3) is 0 Å². The highest BCUT2D eigenvalue weighted by Gasteiger charge is 2.23. The molecule has 1 aromatic heterocycles. The molecule has 0 aliphatic carbocycles. The van der Waals surface area contributed by atoms with Crippen LogP contribution in [0.3, 0.4) is 0 Å². The second kappa shape index (κ2) is 6.39. The van der Waals surface area contributed by atoms with Crippen LogP contribution in [0.15, 0.2) is 18.3 Å². The molecule has 1 atom stereocenters. The molecule has 0 radical (unpaired) electrons. The summed E-state index contributed by atoms with van der Waals surface area (Å²) in [6.45, 7) is 1.51. The third kappa shape index (κ3) is 3.36. The normalized spacial score (nSPS) is 18.7. The Kier molecular flexibility index (Phi) is 4.58. The van der Waals surface area contributed by atoms with Crippen molar-refractivity contribution >= 4 is 23.3 Å². The zero-order valence-electron chi connectivity index (χ0n) is 10.5. The smallest absolute Gasteiger partial charge is 0.235 e. The lowest BCUT2D eigenvalue weighted by Crippen LogP contribution is -2.48. The van der Waals surface area contributed by atoms with E-state index in [0.717, 1.165) is 19.4 Å². The molecule has 1 aliphatic rings. The average molecular weight is 279 g/mol. The summed E-state index contributed by atoms with van der Waals surface area (Å²) in [5.74, 6) is 0.508. The van der Waals surface area contributed by atoms with E-state index in [9.17, 15) is 4.79 Å². The van der Waals surface area contributed by atoms with Gasteiger partial charge in [-0.2, -0.15) is 5.26 Å². The van der Waals surface area contributed by atoms with Gasteiger partial charge in [-0.15, -0.1) is 11.6 Å². The molecule has 1 aromatic rings. The molecule has 1 saturated heterocycles. The molecule has 0 unspecified atom stereocenters. The maximum atomic E-state index is 11.3. The number of aromatic nitrogens is 1. The molecule has 2 rings (SSSR count). The Labute approximate surface area is 117 Å². The first kappa shape index (κ1) is 13.6. The molecule has 19 heavy (non-hydrogen) atoms. The summed E-state index contributed by atoms with van der Waals surface area (Å²) in [4.78, 5) is 17.6. The summed E-state index contributed by atoms with van der Waals surface area (Å²) in [5, 5.41) is 12.0. The standard InChI is InChI=1S/C13H15ClN4O/c14-7-12(19)17-11-4-2-6-18(9-11)13-10(8-15)3-1-5-16-13/h1,3,5,11H,2,4,6-7,9H2,(H,17,19)/t11-/m0/s1. The van der Waals surface area contributed by atoms with E-state index in [0.29, 0.717) is 17.9 Å². The molecular formula is C13H15ClN4O. The third-order valence-electron chi connectivity index (χ3n) is 3.11. The van der Waals surface area contributed by atoms with Crippen LogP contribution in [0.4, 0.5) is 5.82 Å². The molecule has 2 heterocycles. The highest BCUT2D eigenvalue weighted by Crippen LogP contribution is 2.21. The highest BCUT2D eigenvalue weighted by atomic mass is 35.5. The number of anilines is 1. The van der Waals surface area contributed by atoms with E-state index >= 15 is 0 Å². The van der Waals surface area contributed by atoms with E-state index in [1.807, 2.05) is 4.90 Å². The Bertz CT molecular complexity index is 500. The average Bonchev–Trinajstić information content (AvgIpc) is 2.47. The van der Waals surface area contributed by atoms with Gasteiger partial charge in [0.1, 0.15) is 17.8 Å². The number of hydrogen-bond donors (Lipinski definition) is 1. The fraction of sp³-hybridized carbons (Fsp3) is 0.462. The fourth-order valence-corrected chi connectivity index (χ4v) is 2.37. The quantitative estimate of drug-likeness (QED) is 0.846. The molecule has 0 aromatic carbocycles. The molecule has 0 spiro atoms. The van der Waals surface area contributed by atoms with Gasteiger partial charge in [0.25, 0.3) is 0 Å². The van der Waals surface area contributed by atoms with Gasteiger partial charge in [0.15, 0.2) is 0 Å². The Morgan fingerprint density at radius 3 is 3.26 bits per heavy atom. The van der Waals surface area contributed by atoms with Crippen LogP contribution >= 0.6 is 11.6 Å². The topological polar surface area (TPSA) is 69.0 Å². The summed E-state index contributed by atoms with van der Waals surface area (Å²) in [6.07, 6.45) is 3.56. The van der Waals surface area contributed by atoms with Gasteiger partial charge in [-0.05, 0) is 25.0 Å². The van der Waals surface area contributed by atoms with Crippen molar-refractivity contribution in [2.24, 2.45) is 0 Å². The summed E-state index contributed by atoms with van der Waals surface area (Å²) >= 11 is 5.49. The third-order valence-corrected chi connectivity index (χ3v) is 3.36. The van der Waals surface area contributed by atoms with Crippen LogP contribution in [-0.4, -0.2) is 35.9 Å². The maximum absolute atomic E-state index is 11.3. The molecule has 1 amide bonds. The van der Waals surface area contributed by atoms with Crippen LogP contribution in [0.5, 0.6) is 0 Å². The molecule has 1 aliphatic heterocycles. The van der Waals surface area contributed by atoms with E-state index < -0.39 is 0 Å². The van der Waals surface area contributed by atoms with Gasteiger partial charge in [-0.3, -0.25) is 4.79 Å². The van der Waals surface area contributed by atoms with Gasteiger partial charge < -0.3 is 10.2 Å². The SMILES string of the molecule is N#Cc1cccnc1N1CCC[C@H](NC(=O)CCl)C1. The lowest BCUT2D eigenvalue weighted by Gasteiger charge is -2.34. The van der Waals surface area contributed by atoms with Crippen molar-refractivity contribution in [3.8, 4) is 6.07 Å². The van der Waals surface area contributed by atoms with Gasteiger partial charge in [-0.1, -0.05) is 0 Å². The van der Waals surface area contributed by atoms with Gasteiger partial charge in [0.05, 0.1) is 5.56 Å². The van der Waals surface area contributed by atoms with E-state index in [-0.39, 0.29) is 17.8 Å². The first-order chi connectivity index (χ1) is 9.24. The minimum absolute atomic E-state index is 0.0243. The number of halogens is 1. The van der Waals surface area contributed by atoms with Crippen molar-refractivity contribution in [3.05, 3.63) is 23.9 Å². The fourth-order valence-electron chi connectivity index (χ4n) is 2.29. The lowest BCUT2D eigenvalue weighted by atomic mass is 10.1. The lowest BCUT2D eigenvalue weighted by molar-refractivity contribution is -0.119. The van der Waals surface area contributed by atoms with Crippen LogP contribution < -0.4 is 10.2 Å². The maximum Gasteiger partial charge on any atom is 0.235 e. The van der Waals surface area contributed by atoms with Crippen molar-refractivity contribution < 1.29 is 4.79 Å². The molecule has 1 fully saturated rings. The van der Waals surface area contributed by atoms with E-state index in [4.69, 9.17) is 16.9 Å². The monoisotopic (exact) mass is 278 g/mol. The summed E-state index contributed by atoms with van der Waals surface area (Å²) in [5.41, 5.74) is 0.562. The predicted octanol–water partition coefficient (Wildman–Crippen LogP) is 1.28. The first-order valence-corrected chi connectivity index (χ1v) is 6.73. The van der Waals surface area contributed by atoms with Crippen LogP contribution in [0.2, 0.25) is 0 Å². The van der Waals surface area contributed by atoms with Crippen molar-refractivity contribution in [3.63, 3.8) is 0 Å². The second-order valence-electron chi connectivity index (χ2n) is 4.47. The minimum Gasteiger partial charge on any atom is -0.353 e. The number of nitriles is 1. The molecule has 6 heteroatoms. The zero-order chi connectivity index (χ0) is 13.7. The van der Waals surface area contributed by atoms with Crippen molar-refractivity contribution in [2.75, 3.05) is 23.9 Å².